The van der Waals surface area contributed by atoms with Crippen LogP contribution in [-0.2, 0) is 5.54 Å². The maximum absolute atomic E-state index is 6.29. The number of benzene rings is 1. The van der Waals surface area contributed by atoms with Crippen molar-refractivity contribution >= 4 is 12.0 Å². The summed E-state index contributed by atoms with van der Waals surface area (Å²) in [4.78, 5) is 6.39. The molecule has 0 amide bonds. The van der Waals surface area contributed by atoms with E-state index < -0.39 is 0 Å². The lowest BCUT2D eigenvalue weighted by atomic mass is 9.73. The van der Waals surface area contributed by atoms with Crippen molar-refractivity contribution < 1.29 is 0 Å². The van der Waals surface area contributed by atoms with Gasteiger partial charge in [-0.15, -0.1) is 0 Å². The minimum Gasteiger partial charge on any atom is -0.331 e. The van der Waals surface area contributed by atoms with Gasteiger partial charge < -0.3 is 10.6 Å². The zero-order chi connectivity index (χ0) is 11.0. The molecule has 1 heterocycles. The predicted octanol–water partition coefficient (Wildman–Crippen LogP) is 1.87. The monoisotopic (exact) mass is 215 g/mol. The predicted molar refractivity (Wildman–Crippen MR) is 66.9 cm³/mol. The van der Waals surface area contributed by atoms with Gasteiger partial charge in [0, 0.05) is 17.8 Å². The van der Waals surface area contributed by atoms with Crippen molar-refractivity contribution in [3.05, 3.63) is 29.8 Å². The molecular weight excluding hydrogens is 198 g/mol. The zero-order valence-electron chi connectivity index (χ0n) is 9.39. The van der Waals surface area contributed by atoms with Crippen molar-refractivity contribution in [1.29, 1.82) is 0 Å². The highest BCUT2D eigenvalue weighted by Crippen LogP contribution is 2.39. The number of anilines is 1. The standard InChI is InChI=1S/C13H17N3/c14-13(6-1-7-13)11-2-4-12(5-3-11)16-9-8-15-10-16/h2-5,10H,1,6-9,14H2. The Morgan fingerprint density at radius 3 is 2.44 bits per heavy atom. The van der Waals surface area contributed by atoms with E-state index in [0.29, 0.717) is 0 Å². The van der Waals surface area contributed by atoms with Gasteiger partial charge in [0.15, 0.2) is 0 Å². The number of rotatable bonds is 2. The van der Waals surface area contributed by atoms with E-state index in [1.165, 1.54) is 17.7 Å². The zero-order valence-corrected chi connectivity index (χ0v) is 9.39. The van der Waals surface area contributed by atoms with Crippen LogP contribution in [-0.4, -0.2) is 19.4 Å². The molecule has 0 aromatic heterocycles. The van der Waals surface area contributed by atoms with E-state index in [4.69, 9.17) is 5.73 Å². The number of nitrogens with two attached hydrogens (primary N) is 1. The molecule has 3 nitrogen and oxygen atoms in total. The molecule has 3 heteroatoms. The molecule has 3 rings (SSSR count). The van der Waals surface area contributed by atoms with Gasteiger partial charge in [0.1, 0.15) is 0 Å². The molecule has 1 fully saturated rings. The number of hydrogen-bond acceptors (Lipinski definition) is 3. The average Bonchev–Trinajstić information content (AvgIpc) is 2.80. The summed E-state index contributed by atoms with van der Waals surface area (Å²) in [6.07, 6.45) is 5.42. The van der Waals surface area contributed by atoms with Gasteiger partial charge in [-0.2, -0.15) is 0 Å². The molecule has 1 saturated carbocycles. The third-order valence-corrected chi connectivity index (χ3v) is 3.71. The van der Waals surface area contributed by atoms with Crippen LogP contribution in [0.2, 0.25) is 0 Å². The van der Waals surface area contributed by atoms with Crippen LogP contribution in [0.5, 0.6) is 0 Å². The molecular formula is C13H17N3. The van der Waals surface area contributed by atoms with Crippen LogP contribution >= 0.6 is 0 Å². The Kier molecular flexibility index (Phi) is 2.21. The lowest BCUT2D eigenvalue weighted by Crippen LogP contribution is -2.43. The molecule has 0 bridgehead atoms. The molecule has 0 radical (unpaired) electrons. The van der Waals surface area contributed by atoms with Crippen molar-refractivity contribution in [3.63, 3.8) is 0 Å². The molecule has 1 aromatic carbocycles. The van der Waals surface area contributed by atoms with E-state index in [0.717, 1.165) is 25.9 Å². The van der Waals surface area contributed by atoms with E-state index in [9.17, 15) is 0 Å². The first-order chi connectivity index (χ1) is 7.78. The average molecular weight is 215 g/mol. The summed E-state index contributed by atoms with van der Waals surface area (Å²) in [5, 5.41) is 0. The smallest absolute Gasteiger partial charge is 0.0895 e. The Balaban J connectivity index is 1.82. The van der Waals surface area contributed by atoms with Crippen LogP contribution in [0.3, 0.4) is 0 Å². The Bertz CT molecular complexity index is 404. The molecule has 84 valence electrons. The van der Waals surface area contributed by atoms with Gasteiger partial charge in [0.2, 0.25) is 0 Å². The summed E-state index contributed by atoms with van der Waals surface area (Å²) in [6.45, 7) is 1.90. The maximum Gasteiger partial charge on any atom is 0.0895 e. The Morgan fingerprint density at radius 2 is 1.94 bits per heavy atom. The lowest BCUT2D eigenvalue weighted by molar-refractivity contribution is 0.253. The van der Waals surface area contributed by atoms with Gasteiger partial charge in [-0.3, -0.25) is 4.99 Å². The van der Waals surface area contributed by atoms with Crippen LogP contribution < -0.4 is 10.6 Å². The second-order valence-corrected chi connectivity index (χ2v) is 4.77. The normalized spacial score (nSPS) is 22.2. The minimum absolute atomic E-state index is 0.0440. The summed E-state index contributed by atoms with van der Waals surface area (Å²) in [6, 6.07) is 8.64. The van der Waals surface area contributed by atoms with E-state index in [2.05, 4.69) is 34.2 Å². The minimum atomic E-state index is -0.0440. The van der Waals surface area contributed by atoms with Crippen molar-refractivity contribution in [3.8, 4) is 0 Å². The number of hydrogen-bond donors (Lipinski definition) is 1. The quantitative estimate of drug-likeness (QED) is 0.818. The first-order valence-corrected chi connectivity index (χ1v) is 5.94. The Hall–Kier alpha value is -1.35. The topological polar surface area (TPSA) is 41.6 Å². The molecule has 0 spiro atoms. The molecule has 0 atom stereocenters. The summed E-state index contributed by atoms with van der Waals surface area (Å²) < 4.78 is 0. The van der Waals surface area contributed by atoms with Crippen LogP contribution in [0.15, 0.2) is 29.3 Å². The molecule has 1 aliphatic heterocycles. The SMILES string of the molecule is NC1(c2ccc(N3C=NCC3)cc2)CCC1. The van der Waals surface area contributed by atoms with Crippen molar-refractivity contribution in [2.75, 3.05) is 18.0 Å². The molecule has 1 aliphatic carbocycles. The van der Waals surface area contributed by atoms with E-state index in [1.54, 1.807) is 0 Å². The summed E-state index contributed by atoms with van der Waals surface area (Å²) in [5.74, 6) is 0. The molecule has 16 heavy (non-hydrogen) atoms. The molecule has 1 aromatic rings. The van der Waals surface area contributed by atoms with E-state index in [1.807, 2.05) is 6.34 Å². The van der Waals surface area contributed by atoms with Gasteiger partial charge >= 0.3 is 0 Å². The van der Waals surface area contributed by atoms with Crippen LogP contribution in [0.25, 0.3) is 0 Å². The fourth-order valence-corrected chi connectivity index (χ4v) is 2.41. The molecule has 2 N–H and O–H groups in total. The van der Waals surface area contributed by atoms with Gasteiger partial charge in [0.05, 0.1) is 12.9 Å². The van der Waals surface area contributed by atoms with Gasteiger partial charge in [-0.25, -0.2) is 0 Å². The van der Waals surface area contributed by atoms with Gasteiger partial charge in [-0.1, -0.05) is 12.1 Å². The first kappa shape index (κ1) is 9.85. The van der Waals surface area contributed by atoms with Crippen LogP contribution in [0, 0.1) is 0 Å². The second kappa shape index (κ2) is 3.59. The lowest BCUT2D eigenvalue weighted by Gasteiger charge is -2.38. The van der Waals surface area contributed by atoms with Crippen molar-refractivity contribution in [2.24, 2.45) is 10.7 Å². The molecule has 2 aliphatic rings. The van der Waals surface area contributed by atoms with Crippen molar-refractivity contribution in [2.45, 2.75) is 24.8 Å². The summed E-state index contributed by atoms with van der Waals surface area (Å²) >= 11 is 0. The highest BCUT2D eigenvalue weighted by molar-refractivity contribution is 5.80. The van der Waals surface area contributed by atoms with E-state index in [-0.39, 0.29) is 5.54 Å². The first-order valence-electron chi connectivity index (χ1n) is 5.94. The highest BCUT2D eigenvalue weighted by Gasteiger charge is 2.34. The Morgan fingerprint density at radius 1 is 1.19 bits per heavy atom. The maximum atomic E-state index is 6.29. The third kappa shape index (κ3) is 1.52. The van der Waals surface area contributed by atoms with Crippen LogP contribution in [0.1, 0.15) is 24.8 Å². The van der Waals surface area contributed by atoms with E-state index >= 15 is 0 Å². The summed E-state index contributed by atoms with van der Waals surface area (Å²) in [7, 11) is 0. The van der Waals surface area contributed by atoms with Crippen molar-refractivity contribution in [1.82, 2.24) is 0 Å². The molecule has 0 unspecified atom stereocenters. The second-order valence-electron chi connectivity index (χ2n) is 4.77. The largest absolute Gasteiger partial charge is 0.331 e. The van der Waals surface area contributed by atoms with Gasteiger partial charge in [0.25, 0.3) is 0 Å². The fourth-order valence-electron chi connectivity index (χ4n) is 2.41. The molecule has 0 saturated heterocycles. The summed E-state index contributed by atoms with van der Waals surface area (Å²) in [5.41, 5.74) is 8.74. The Labute approximate surface area is 96.0 Å². The third-order valence-electron chi connectivity index (χ3n) is 3.71. The highest BCUT2D eigenvalue weighted by atomic mass is 15.2. The number of aliphatic imine (C=N–C) groups is 1. The number of nitrogens with zero attached hydrogens (tertiary/aromatic N) is 2. The van der Waals surface area contributed by atoms with Gasteiger partial charge in [-0.05, 0) is 37.0 Å². The fraction of sp³-hybridized carbons (Fsp3) is 0.462. The van der Waals surface area contributed by atoms with Crippen LogP contribution in [0.4, 0.5) is 5.69 Å².